The number of rotatable bonds is 7. The third-order valence-electron chi connectivity index (χ3n) is 5.70. The van der Waals surface area contributed by atoms with E-state index in [0.29, 0.717) is 24.6 Å². The summed E-state index contributed by atoms with van der Waals surface area (Å²) in [6.07, 6.45) is 4.12. The largest absolute Gasteiger partial charge is 0.351 e. The molecular formula is C23H27N3O4S. The van der Waals surface area contributed by atoms with Gasteiger partial charge in [-0.15, -0.1) is 0 Å². The summed E-state index contributed by atoms with van der Waals surface area (Å²) in [5, 5.41) is 5.81. The molecule has 2 aliphatic rings. The molecule has 0 unspecified atom stereocenters. The van der Waals surface area contributed by atoms with Gasteiger partial charge in [-0.2, -0.15) is 4.31 Å². The van der Waals surface area contributed by atoms with Crippen LogP contribution in [-0.2, 0) is 21.4 Å². The highest BCUT2D eigenvalue weighted by Crippen LogP contribution is 2.25. The van der Waals surface area contributed by atoms with Crippen molar-refractivity contribution in [3.8, 4) is 0 Å². The lowest BCUT2D eigenvalue weighted by molar-refractivity contribution is -0.125. The first-order chi connectivity index (χ1) is 14.9. The average molecular weight is 442 g/mol. The maximum atomic E-state index is 13.1. The van der Waals surface area contributed by atoms with E-state index in [1.807, 2.05) is 0 Å². The number of hydrogen-bond acceptors (Lipinski definition) is 4. The highest BCUT2D eigenvalue weighted by atomic mass is 32.2. The van der Waals surface area contributed by atoms with Crippen LogP contribution in [-0.4, -0.2) is 43.2 Å². The van der Waals surface area contributed by atoms with E-state index < -0.39 is 16.1 Å². The topological polar surface area (TPSA) is 95.6 Å². The standard InChI is InChI=1S/C23H27N3O4S/c27-22(25-19-13-14-19)18-11-9-17(10-12-18)16-24-23(28)21-8-4-5-15-26(21)31(29,30)20-6-2-1-3-7-20/h1-3,6-7,9-12,19,21H,4-5,8,13-16H2,(H,24,28)(H,25,27)/t21-/m1/s1. The van der Waals surface area contributed by atoms with Crippen molar-refractivity contribution in [1.29, 1.82) is 0 Å². The molecule has 2 aromatic rings. The lowest BCUT2D eigenvalue weighted by Gasteiger charge is -2.33. The van der Waals surface area contributed by atoms with Gasteiger partial charge in [0.15, 0.2) is 0 Å². The number of nitrogens with one attached hydrogen (secondary N) is 2. The number of carbonyl (C=O) groups is 2. The van der Waals surface area contributed by atoms with Crippen molar-refractivity contribution in [2.45, 2.75) is 55.6 Å². The normalized spacial score (nSPS) is 19.5. The van der Waals surface area contributed by atoms with Crippen LogP contribution in [0.25, 0.3) is 0 Å². The molecule has 0 aromatic heterocycles. The number of hydrogen-bond donors (Lipinski definition) is 2. The fraction of sp³-hybridized carbons (Fsp3) is 0.391. The van der Waals surface area contributed by atoms with Gasteiger partial charge in [0, 0.05) is 24.7 Å². The molecule has 1 saturated heterocycles. The van der Waals surface area contributed by atoms with Gasteiger partial charge in [0.1, 0.15) is 6.04 Å². The van der Waals surface area contributed by atoms with E-state index in [4.69, 9.17) is 0 Å². The summed E-state index contributed by atoms with van der Waals surface area (Å²) >= 11 is 0. The molecule has 7 nitrogen and oxygen atoms in total. The second-order valence-electron chi connectivity index (χ2n) is 8.10. The fourth-order valence-electron chi connectivity index (χ4n) is 3.76. The molecule has 4 rings (SSSR count). The summed E-state index contributed by atoms with van der Waals surface area (Å²) in [6.45, 7) is 0.610. The Bertz CT molecular complexity index is 1030. The first kappa shape index (κ1) is 21.5. The first-order valence-electron chi connectivity index (χ1n) is 10.7. The van der Waals surface area contributed by atoms with E-state index in [2.05, 4.69) is 10.6 Å². The van der Waals surface area contributed by atoms with Crippen LogP contribution < -0.4 is 10.6 Å². The molecule has 0 spiro atoms. The summed E-state index contributed by atoms with van der Waals surface area (Å²) in [6, 6.07) is 14.9. The van der Waals surface area contributed by atoms with E-state index in [1.165, 1.54) is 4.31 Å². The molecule has 8 heteroatoms. The van der Waals surface area contributed by atoms with Crippen LogP contribution in [0.3, 0.4) is 0 Å². The van der Waals surface area contributed by atoms with Crippen LogP contribution >= 0.6 is 0 Å². The Balaban J connectivity index is 1.39. The average Bonchev–Trinajstić information content (AvgIpc) is 3.62. The Hall–Kier alpha value is -2.71. The molecule has 2 N–H and O–H groups in total. The molecule has 1 atom stereocenters. The van der Waals surface area contributed by atoms with Crippen molar-refractivity contribution in [1.82, 2.24) is 14.9 Å². The SMILES string of the molecule is O=C(NC1CC1)c1ccc(CNC(=O)[C@H]2CCCCN2S(=O)(=O)c2ccccc2)cc1. The lowest BCUT2D eigenvalue weighted by Crippen LogP contribution is -2.51. The van der Waals surface area contributed by atoms with Crippen molar-refractivity contribution in [2.24, 2.45) is 0 Å². The van der Waals surface area contributed by atoms with Gasteiger partial charge in [0.05, 0.1) is 4.90 Å². The summed E-state index contributed by atoms with van der Waals surface area (Å²) in [5.41, 5.74) is 1.44. The fourth-order valence-corrected chi connectivity index (χ4v) is 5.44. The molecule has 2 amide bonds. The molecule has 1 heterocycles. The molecule has 0 bridgehead atoms. The van der Waals surface area contributed by atoms with Gasteiger partial charge in [0.2, 0.25) is 15.9 Å². The van der Waals surface area contributed by atoms with Gasteiger partial charge < -0.3 is 10.6 Å². The third-order valence-corrected chi connectivity index (χ3v) is 7.62. The van der Waals surface area contributed by atoms with E-state index in [0.717, 1.165) is 31.2 Å². The third kappa shape index (κ3) is 5.14. The highest BCUT2D eigenvalue weighted by molar-refractivity contribution is 7.89. The van der Waals surface area contributed by atoms with E-state index >= 15 is 0 Å². The van der Waals surface area contributed by atoms with Crippen LogP contribution in [0.2, 0.25) is 0 Å². The minimum atomic E-state index is -3.73. The summed E-state index contributed by atoms with van der Waals surface area (Å²) in [4.78, 5) is 25.2. The smallest absolute Gasteiger partial charge is 0.251 e. The van der Waals surface area contributed by atoms with Gasteiger partial charge >= 0.3 is 0 Å². The molecule has 0 radical (unpaired) electrons. The summed E-state index contributed by atoms with van der Waals surface area (Å²) in [7, 11) is -3.73. The van der Waals surface area contributed by atoms with Crippen LogP contribution in [0.5, 0.6) is 0 Å². The zero-order chi connectivity index (χ0) is 21.8. The minimum Gasteiger partial charge on any atom is -0.351 e. The maximum absolute atomic E-state index is 13.1. The lowest BCUT2D eigenvalue weighted by atomic mass is 10.0. The van der Waals surface area contributed by atoms with Gasteiger partial charge in [-0.1, -0.05) is 36.8 Å². The van der Waals surface area contributed by atoms with Crippen molar-refractivity contribution >= 4 is 21.8 Å². The molecule has 1 aliphatic carbocycles. The Morgan fingerprint density at radius 1 is 0.935 bits per heavy atom. The van der Waals surface area contributed by atoms with Crippen molar-refractivity contribution in [3.63, 3.8) is 0 Å². The second kappa shape index (κ2) is 9.20. The van der Waals surface area contributed by atoms with Crippen molar-refractivity contribution < 1.29 is 18.0 Å². The van der Waals surface area contributed by atoms with Crippen LogP contribution in [0.4, 0.5) is 0 Å². The molecule has 2 fully saturated rings. The number of carbonyl (C=O) groups excluding carboxylic acids is 2. The van der Waals surface area contributed by atoms with Crippen molar-refractivity contribution in [3.05, 3.63) is 65.7 Å². The molecular weight excluding hydrogens is 414 g/mol. The Morgan fingerprint density at radius 3 is 2.32 bits per heavy atom. The van der Waals surface area contributed by atoms with Crippen molar-refractivity contribution in [2.75, 3.05) is 6.54 Å². The predicted molar refractivity (Wildman–Crippen MR) is 117 cm³/mol. The van der Waals surface area contributed by atoms with Crippen LogP contribution in [0.1, 0.15) is 48.0 Å². The molecule has 31 heavy (non-hydrogen) atoms. The number of piperidine rings is 1. The number of sulfonamides is 1. The highest BCUT2D eigenvalue weighted by Gasteiger charge is 2.37. The van der Waals surface area contributed by atoms with Gasteiger partial charge in [-0.3, -0.25) is 9.59 Å². The molecule has 2 aromatic carbocycles. The van der Waals surface area contributed by atoms with Gasteiger partial charge in [0.25, 0.3) is 5.91 Å². The number of amides is 2. The number of nitrogens with zero attached hydrogens (tertiary/aromatic N) is 1. The van der Waals surface area contributed by atoms with E-state index in [-0.39, 0.29) is 23.3 Å². The Kier molecular flexibility index (Phi) is 6.38. The van der Waals surface area contributed by atoms with E-state index in [9.17, 15) is 18.0 Å². The molecule has 164 valence electrons. The zero-order valence-electron chi connectivity index (χ0n) is 17.3. The zero-order valence-corrected chi connectivity index (χ0v) is 18.1. The summed E-state index contributed by atoms with van der Waals surface area (Å²) < 4.78 is 27.5. The quantitative estimate of drug-likeness (QED) is 0.690. The monoisotopic (exact) mass is 441 g/mol. The van der Waals surface area contributed by atoms with Gasteiger partial charge in [-0.25, -0.2) is 8.42 Å². The predicted octanol–water partition coefficient (Wildman–Crippen LogP) is 2.44. The Morgan fingerprint density at radius 2 is 1.65 bits per heavy atom. The summed E-state index contributed by atoms with van der Waals surface area (Å²) in [5.74, 6) is -0.378. The van der Waals surface area contributed by atoms with Crippen LogP contribution in [0.15, 0.2) is 59.5 Å². The minimum absolute atomic E-state index is 0.0814. The Labute approximate surface area is 182 Å². The molecule has 1 saturated carbocycles. The van der Waals surface area contributed by atoms with Gasteiger partial charge in [-0.05, 0) is 55.5 Å². The maximum Gasteiger partial charge on any atom is 0.251 e. The number of benzene rings is 2. The van der Waals surface area contributed by atoms with E-state index in [1.54, 1.807) is 54.6 Å². The molecule has 1 aliphatic heterocycles. The van der Waals surface area contributed by atoms with Crippen LogP contribution in [0, 0.1) is 0 Å². The first-order valence-corrected chi connectivity index (χ1v) is 12.1. The second-order valence-corrected chi connectivity index (χ2v) is 9.99.